The lowest BCUT2D eigenvalue weighted by molar-refractivity contribution is 0.103. The lowest BCUT2D eigenvalue weighted by Crippen LogP contribution is -2.44. The number of hydrogen-bond acceptors (Lipinski definition) is 8. The number of rotatable bonds is 5. The van der Waals surface area contributed by atoms with E-state index in [1.54, 1.807) is 12.3 Å². The molecule has 0 bridgehead atoms. The lowest BCUT2D eigenvalue weighted by atomic mass is 10.2. The number of aromatic nitrogens is 3. The van der Waals surface area contributed by atoms with Gasteiger partial charge in [-0.3, -0.25) is 4.79 Å². The first-order valence-electron chi connectivity index (χ1n) is 9.60. The van der Waals surface area contributed by atoms with Gasteiger partial charge in [-0.1, -0.05) is 35.1 Å². The maximum Gasteiger partial charge on any atom is 0.267 e. The van der Waals surface area contributed by atoms with Gasteiger partial charge in [-0.2, -0.15) is 0 Å². The second-order valence-corrected chi connectivity index (χ2v) is 8.37. The smallest absolute Gasteiger partial charge is 0.267 e. The van der Waals surface area contributed by atoms with Crippen LogP contribution in [-0.2, 0) is 0 Å². The zero-order valence-corrected chi connectivity index (χ0v) is 19.5. The van der Waals surface area contributed by atoms with Crippen molar-refractivity contribution in [2.75, 3.05) is 41.7 Å². The van der Waals surface area contributed by atoms with Crippen LogP contribution in [0, 0.1) is 13.8 Å². The van der Waals surface area contributed by atoms with Crippen molar-refractivity contribution < 1.29 is 4.79 Å². The van der Waals surface area contributed by atoms with Gasteiger partial charge < -0.3 is 20.9 Å². The van der Waals surface area contributed by atoms with Crippen LogP contribution >= 0.6 is 35.3 Å². The SMILES string of the molecule is Cc1nc(Nc2ncc(C(=O)Nc3c(C)cccc3Cl)s2)cc(N2CCNCC2)n1.Cl. The summed E-state index contributed by atoms with van der Waals surface area (Å²) in [4.78, 5) is 28.7. The third kappa shape index (κ3) is 5.62. The van der Waals surface area contributed by atoms with Crippen LogP contribution in [-0.4, -0.2) is 47.0 Å². The predicted molar refractivity (Wildman–Crippen MR) is 129 cm³/mol. The summed E-state index contributed by atoms with van der Waals surface area (Å²) in [5.74, 6) is 1.96. The molecule has 3 N–H and O–H groups in total. The van der Waals surface area contributed by atoms with Gasteiger partial charge in [-0.15, -0.1) is 12.4 Å². The monoisotopic (exact) mass is 479 g/mol. The van der Waals surface area contributed by atoms with E-state index in [1.807, 2.05) is 32.0 Å². The third-order valence-electron chi connectivity index (χ3n) is 4.69. The van der Waals surface area contributed by atoms with E-state index in [1.165, 1.54) is 11.3 Å². The number of hydrogen-bond donors (Lipinski definition) is 3. The maximum atomic E-state index is 12.6. The Morgan fingerprint density at radius 1 is 1.23 bits per heavy atom. The van der Waals surface area contributed by atoms with E-state index in [0.29, 0.717) is 32.4 Å². The summed E-state index contributed by atoms with van der Waals surface area (Å²) in [5, 5.41) is 10.5. The Balaban J connectivity index is 0.00000272. The molecule has 0 unspecified atom stereocenters. The molecule has 1 saturated heterocycles. The number of nitrogens with zero attached hydrogens (tertiary/aromatic N) is 4. The van der Waals surface area contributed by atoms with E-state index in [9.17, 15) is 4.79 Å². The van der Waals surface area contributed by atoms with E-state index >= 15 is 0 Å². The largest absolute Gasteiger partial charge is 0.354 e. The number of piperazine rings is 1. The Hall–Kier alpha value is -2.46. The van der Waals surface area contributed by atoms with Crippen LogP contribution < -0.4 is 20.9 Å². The first kappa shape index (κ1) is 23.2. The molecule has 1 aliphatic rings. The molecule has 1 fully saturated rings. The third-order valence-corrected chi connectivity index (χ3v) is 5.92. The number of anilines is 4. The van der Waals surface area contributed by atoms with Crippen molar-refractivity contribution >= 4 is 63.7 Å². The first-order valence-corrected chi connectivity index (χ1v) is 10.8. The molecule has 2 aromatic heterocycles. The van der Waals surface area contributed by atoms with E-state index < -0.39 is 0 Å². The summed E-state index contributed by atoms with van der Waals surface area (Å²) in [6, 6.07) is 7.40. The van der Waals surface area contributed by atoms with Crippen LogP contribution in [0.3, 0.4) is 0 Å². The van der Waals surface area contributed by atoms with Gasteiger partial charge in [-0.05, 0) is 25.5 Å². The highest BCUT2D eigenvalue weighted by Crippen LogP contribution is 2.28. The van der Waals surface area contributed by atoms with Gasteiger partial charge in [0.15, 0.2) is 5.13 Å². The highest BCUT2D eigenvalue weighted by molar-refractivity contribution is 7.17. The standard InChI is InChI=1S/C20H22ClN7OS.ClH/c1-12-4-3-5-14(21)18(12)27-19(29)15-11-23-20(30-15)26-16-10-17(25-13(2)24-16)28-8-6-22-7-9-28;/h3-5,10-11,22H,6-9H2,1-2H3,(H,27,29)(H,23,24,25,26);1H. The average molecular weight is 480 g/mol. The fourth-order valence-electron chi connectivity index (χ4n) is 3.18. The zero-order chi connectivity index (χ0) is 21.1. The molecule has 11 heteroatoms. The summed E-state index contributed by atoms with van der Waals surface area (Å²) >= 11 is 7.46. The quantitative estimate of drug-likeness (QED) is 0.508. The lowest BCUT2D eigenvalue weighted by Gasteiger charge is -2.28. The first-order chi connectivity index (χ1) is 14.5. The summed E-state index contributed by atoms with van der Waals surface area (Å²) in [6.45, 7) is 7.43. The van der Waals surface area contributed by atoms with Gasteiger partial charge in [0.1, 0.15) is 22.3 Å². The van der Waals surface area contributed by atoms with Gasteiger partial charge in [-0.25, -0.2) is 15.0 Å². The Bertz CT molecular complexity index is 1050. The number of amides is 1. The molecule has 1 aromatic carbocycles. The number of para-hydroxylation sites is 1. The molecule has 31 heavy (non-hydrogen) atoms. The molecule has 1 amide bonds. The van der Waals surface area contributed by atoms with Crippen molar-refractivity contribution in [3.8, 4) is 0 Å². The molecule has 3 heterocycles. The molecular formula is C20H23Cl2N7OS. The Kier molecular flexibility index (Phi) is 7.66. The highest BCUT2D eigenvalue weighted by Gasteiger charge is 2.16. The van der Waals surface area contributed by atoms with Crippen LogP contribution in [0.2, 0.25) is 5.02 Å². The molecule has 0 saturated carbocycles. The molecule has 164 valence electrons. The average Bonchev–Trinajstić information content (AvgIpc) is 3.19. The fourth-order valence-corrected chi connectivity index (χ4v) is 4.17. The van der Waals surface area contributed by atoms with Crippen LogP contribution in [0.15, 0.2) is 30.5 Å². The van der Waals surface area contributed by atoms with E-state index in [0.717, 1.165) is 37.6 Å². The van der Waals surface area contributed by atoms with Crippen molar-refractivity contribution in [3.63, 3.8) is 0 Å². The minimum atomic E-state index is -0.253. The minimum absolute atomic E-state index is 0. The van der Waals surface area contributed by atoms with Crippen LogP contribution in [0.5, 0.6) is 0 Å². The van der Waals surface area contributed by atoms with Crippen LogP contribution in [0.4, 0.5) is 22.5 Å². The number of aryl methyl sites for hydroxylation is 2. The number of nitrogens with one attached hydrogen (secondary N) is 3. The fraction of sp³-hybridized carbons (Fsp3) is 0.300. The molecule has 3 aromatic rings. The van der Waals surface area contributed by atoms with E-state index in [4.69, 9.17) is 11.6 Å². The maximum absolute atomic E-state index is 12.6. The molecule has 1 aliphatic heterocycles. The van der Waals surface area contributed by atoms with Crippen molar-refractivity contribution in [1.82, 2.24) is 20.3 Å². The topological polar surface area (TPSA) is 95.1 Å². The number of carbonyl (C=O) groups is 1. The molecule has 4 rings (SSSR count). The molecular weight excluding hydrogens is 457 g/mol. The van der Waals surface area contributed by atoms with Crippen LogP contribution in [0.1, 0.15) is 21.1 Å². The Labute approximate surface area is 195 Å². The van der Waals surface area contributed by atoms with Crippen molar-refractivity contribution in [3.05, 3.63) is 51.7 Å². The minimum Gasteiger partial charge on any atom is -0.354 e. The predicted octanol–water partition coefficient (Wildman–Crippen LogP) is 4.03. The number of halogens is 2. The van der Waals surface area contributed by atoms with Gasteiger partial charge in [0, 0.05) is 32.2 Å². The zero-order valence-electron chi connectivity index (χ0n) is 17.1. The van der Waals surface area contributed by atoms with Gasteiger partial charge >= 0.3 is 0 Å². The van der Waals surface area contributed by atoms with Crippen molar-refractivity contribution in [2.45, 2.75) is 13.8 Å². The number of thiazole rings is 1. The van der Waals surface area contributed by atoms with Crippen molar-refractivity contribution in [2.24, 2.45) is 0 Å². The van der Waals surface area contributed by atoms with Gasteiger partial charge in [0.25, 0.3) is 5.91 Å². The molecule has 0 aliphatic carbocycles. The van der Waals surface area contributed by atoms with E-state index in [-0.39, 0.29) is 18.3 Å². The summed E-state index contributed by atoms with van der Waals surface area (Å²) in [5.41, 5.74) is 1.51. The molecule has 0 radical (unpaired) electrons. The number of carbonyl (C=O) groups excluding carboxylic acids is 1. The number of benzene rings is 1. The van der Waals surface area contributed by atoms with Gasteiger partial charge in [0.2, 0.25) is 0 Å². The Morgan fingerprint density at radius 3 is 2.74 bits per heavy atom. The second kappa shape index (κ2) is 10.2. The van der Waals surface area contributed by atoms with Crippen molar-refractivity contribution in [1.29, 1.82) is 0 Å². The summed E-state index contributed by atoms with van der Waals surface area (Å²) < 4.78 is 0. The normalized spacial score (nSPS) is 13.5. The second-order valence-electron chi connectivity index (χ2n) is 6.94. The van der Waals surface area contributed by atoms with E-state index in [2.05, 4.69) is 35.8 Å². The molecule has 0 atom stereocenters. The van der Waals surface area contributed by atoms with Gasteiger partial charge in [0.05, 0.1) is 16.9 Å². The van der Waals surface area contributed by atoms with Crippen LogP contribution in [0.25, 0.3) is 0 Å². The highest BCUT2D eigenvalue weighted by atomic mass is 35.5. The summed E-state index contributed by atoms with van der Waals surface area (Å²) in [7, 11) is 0. The Morgan fingerprint density at radius 2 is 2.00 bits per heavy atom. The summed E-state index contributed by atoms with van der Waals surface area (Å²) in [6.07, 6.45) is 1.54. The molecule has 0 spiro atoms. The molecule has 8 nitrogen and oxygen atoms in total.